The molecule has 1 unspecified atom stereocenters. The van der Waals surface area contributed by atoms with E-state index in [9.17, 15) is 37.5 Å². The molecule has 1 heterocycles. The molecule has 0 aliphatic rings. The number of benzene rings is 2. The first-order valence-corrected chi connectivity index (χ1v) is 10.9. The predicted molar refractivity (Wildman–Crippen MR) is 126 cm³/mol. The second-order valence-corrected chi connectivity index (χ2v) is 8.53. The van der Waals surface area contributed by atoms with Gasteiger partial charge in [0.2, 0.25) is 0 Å². The van der Waals surface area contributed by atoms with E-state index in [0.717, 1.165) is 14.1 Å². The quantitative estimate of drug-likeness (QED) is 0.516. The van der Waals surface area contributed by atoms with Gasteiger partial charge in [0.25, 0.3) is 11.5 Å². The number of carboxylic acid groups (broad SMARTS) is 1. The van der Waals surface area contributed by atoms with Crippen molar-refractivity contribution in [3.05, 3.63) is 90.7 Å². The highest BCUT2D eigenvalue weighted by Crippen LogP contribution is 2.34. The summed E-state index contributed by atoms with van der Waals surface area (Å²) in [4.78, 5) is 49.1. The molecule has 12 heteroatoms. The molecular formula is C24H21ClF3N3O5. The van der Waals surface area contributed by atoms with E-state index in [4.69, 9.17) is 11.6 Å². The molecule has 3 aromatic rings. The van der Waals surface area contributed by atoms with E-state index < -0.39 is 46.6 Å². The maximum Gasteiger partial charge on any atom is 0.432 e. The van der Waals surface area contributed by atoms with Crippen LogP contribution in [-0.4, -0.2) is 32.2 Å². The van der Waals surface area contributed by atoms with Crippen LogP contribution in [0.25, 0.3) is 11.1 Å². The lowest BCUT2D eigenvalue weighted by molar-refractivity contribution is -0.143. The van der Waals surface area contributed by atoms with Gasteiger partial charge in [-0.1, -0.05) is 48.0 Å². The van der Waals surface area contributed by atoms with Gasteiger partial charge in [-0.2, -0.15) is 13.2 Å². The number of amides is 1. The van der Waals surface area contributed by atoms with Gasteiger partial charge in [0.05, 0.1) is 16.1 Å². The van der Waals surface area contributed by atoms with E-state index in [1.807, 2.05) is 0 Å². The SMILES string of the molecule is Cc1cccc(Cl)c1C(=O)NC(Cc1ccc(-c2c(C(F)(F)F)n(C)c(=O)n(C)c2=O)cc1)C(=O)O. The maximum atomic E-state index is 13.7. The minimum Gasteiger partial charge on any atom is -0.480 e. The maximum absolute atomic E-state index is 13.7. The van der Waals surface area contributed by atoms with Crippen LogP contribution in [0, 0.1) is 6.92 Å². The van der Waals surface area contributed by atoms with Gasteiger partial charge in [0, 0.05) is 20.5 Å². The molecule has 2 aromatic carbocycles. The molecule has 2 N–H and O–H groups in total. The first-order valence-electron chi connectivity index (χ1n) is 10.5. The Hall–Kier alpha value is -3.86. The molecule has 0 aliphatic carbocycles. The average Bonchev–Trinajstić information content (AvgIpc) is 2.79. The summed E-state index contributed by atoms with van der Waals surface area (Å²) in [5, 5.41) is 12.2. The third-order valence-electron chi connectivity index (χ3n) is 5.67. The molecule has 0 bridgehead atoms. The van der Waals surface area contributed by atoms with Crippen molar-refractivity contribution in [3.8, 4) is 11.1 Å². The molecule has 8 nitrogen and oxygen atoms in total. The number of halogens is 4. The number of nitrogens with zero attached hydrogens (tertiary/aromatic N) is 2. The first kappa shape index (κ1) is 26.7. The summed E-state index contributed by atoms with van der Waals surface area (Å²) >= 11 is 6.08. The third-order valence-corrected chi connectivity index (χ3v) is 5.98. The first-order chi connectivity index (χ1) is 16.7. The number of aromatic nitrogens is 2. The number of carbonyl (C=O) groups excluding carboxylic acids is 1. The number of hydrogen-bond donors (Lipinski definition) is 2. The van der Waals surface area contributed by atoms with Crippen LogP contribution in [0.1, 0.15) is 27.2 Å². The number of carbonyl (C=O) groups is 2. The standard InChI is InChI=1S/C24H21ClF3N3O5/c1-12-5-4-6-15(25)17(12)20(32)29-16(22(34)35)11-13-7-9-14(10-8-13)18-19(24(26,27)28)30(2)23(36)31(3)21(18)33/h4-10,16H,11H2,1-3H3,(H,29,32)(H,34,35). The molecule has 1 atom stereocenters. The highest BCUT2D eigenvalue weighted by Gasteiger charge is 2.39. The summed E-state index contributed by atoms with van der Waals surface area (Å²) in [6, 6.07) is 8.58. The molecule has 190 valence electrons. The van der Waals surface area contributed by atoms with Crippen LogP contribution >= 0.6 is 11.6 Å². The van der Waals surface area contributed by atoms with Crippen LogP contribution in [0.5, 0.6) is 0 Å². The number of aliphatic carboxylic acids is 1. The molecule has 0 spiro atoms. The normalized spacial score (nSPS) is 12.3. The summed E-state index contributed by atoms with van der Waals surface area (Å²) < 4.78 is 42.1. The smallest absolute Gasteiger partial charge is 0.432 e. The lowest BCUT2D eigenvalue weighted by atomic mass is 9.99. The van der Waals surface area contributed by atoms with Crippen LogP contribution in [0.15, 0.2) is 52.1 Å². The largest absolute Gasteiger partial charge is 0.480 e. The fourth-order valence-electron chi connectivity index (χ4n) is 3.83. The van der Waals surface area contributed by atoms with Gasteiger partial charge in [-0.05, 0) is 29.7 Å². The zero-order valence-electron chi connectivity index (χ0n) is 19.3. The van der Waals surface area contributed by atoms with E-state index in [2.05, 4.69) is 5.32 Å². The molecule has 0 saturated carbocycles. The van der Waals surface area contributed by atoms with E-state index in [-0.39, 0.29) is 22.6 Å². The lowest BCUT2D eigenvalue weighted by Crippen LogP contribution is -2.42. The van der Waals surface area contributed by atoms with Crippen molar-refractivity contribution < 1.29 is 27.9 Å². The average molecular weight is 524 g/mol. The van der Waals surface area contributed by atoms with Crippen molar-refractivity contribution in [2.24, 2.45) is 14.1 Å². The van der Waals surface area contributed by atoms with Gasteiger partial charge in [0.15, 0.2) is 0 Å². The van der Waals surface area contributed by atoms with Gasteiger partial charge < -0.3 is 10.4 Å². The topological polar surface area (TPSA) is 110 Å². The van der Waals surface area contributed by atoms with Crippen LogP contribution in [-0.2, 0) is 31.5 Å². The van der Waals surface area contributed by atoms with Crippen molar-refractivity contribution in [2.45, 2.75) is 25.6 Å². The van der Waals surface area contributed by atoms with Crippen molar-refractivity contribution in [1.82, 2.24) is 14.5 Å². The predicted octanol–water partition coefficient (Wildman–Crippen LogP) is 3.16. The van der Waals surface area contributed by atoms with Crippen LogP contribution in [0.2, 0.25) is 5.02 Å². The Kier molecular flexibility index (Phi) is 7.44. The van der Waals surface area contributed by atoms with Crippen molar-refractivity contribution in [1.29, 1.82) is 0 Å². The Morgan fingerprint density at radius 1 is 1.06 bits per heavy atom. The molecule has 0 radical (unpaired) electrons. The van der Waals surface area contributed by atoms with E-state index in [1.54, 1.807) is 19.1 Å². The number of alkyl halides is 3. The number of rotatable bonds is 6. The molecule has 1 aromatic heterocycles. The highest BCUT2D eigenvalue weighted by molar-refractivity contribution is 6.34. The van der Waals surface area contributed by atoms with Gasteiger partial charge in [-0.15, -0.1) is 0 Å². The van der Waals surface area contributed by atoms with Gasteiger partial charge in [-0.25, -0.2) is 9.59 Å². The zero-order valence-corrected chi connectivity index (χ0v) is 20.1. The van der Waals surface area contributed by atoms with Crippen LogP contribution in [0.4, 0.5) is 13.2 Å². The van der Waals surface area contributed by atoms with Crippen molar-refractivity contribution in [2.75, 3.05) is 0 Å². The fraction of sp³-hybridized carbons (Fsp3) is 0.250. The molecular weight excluding hydrogens is 503 g/mol. The molecule has 3 rings (SSSR count). The Bertz CT molecular complexity index is 1440. The van der Waals surface area contributed by atoms with Crippen molar-refractivity contribution >= 4 is 23.5 Å². The number of hydrogen-bond acceptors (Lipinski definition) is 4. The van der Waals surface area contributed by atoms with Crippen molar-refractivity contribution in [3.63, 3.8) is 0 Å². The highest BCUT2D eigenvalue weighted by atomic mass is 35.5. The Morgan fingerprint density at radius 2 is 1.67 bits per heavy atom. The minimum absolute atomic E-state index is 0.107. The van der Waals surface area contributed by atoms with E-state index >= 15 is 0 Å². The second-order valence-electron chi connectivity index (χ2n) is 8.12. The summed E-state index contributed by atoms with van der Waals surface area (Å²) in [5.74, 6) is -2.02. The van der Waals surface area contributed by atoms with Gasteiger partial charge >= 0.3 is 17.8 Å². The summed E-state index contributed by atoms with van der Waals surface area (Å²) in [5.41, 5.74) is -3.41. The Balaban J connectivity index is 1.95. The number of aryl methyl sites for hydroxylation is 1. The Labute approximate surface area is 207 Å². The zero-order chi connectivity index (χ0) is 26.9. The van der Waals surface area contributed by atoms with Crippen LogP contribution < -0.4 is 16.6 Å². The van der Waals surface area contributed by atoms with E-state index in [1.165, 1.54) is 30.3 Å². The molecule has 0 saturated heterocycles. The fourth-order valence-corrected chi connectivity index (χ4v) is 4.14. The molecule has 0 fully saturated rings. The monoisotopic (exact) mass is 523 g/mol. The Morgan fingerprint density at radius 3 is 2.19 bits per heavy atom. The number of nitrogens with one attached hydrogen (secondary N) is 1. The second kappa shape index (κ2) is 10.0. The minimum atomic E-state index is -4.98. The summed E-state index contributed by atoms with van der Waals surface area (Å²) in [6.07, 6.45) is -5.17. The number of carboxylic acids is 1. The molecule has 36 heavy (non-hydrogen) atoms. The van der Waals surface area contributed by atoms with Gasteiger partial charge in [0.1, 0.15) is 11.7 Å². The summed E-state index contributed by atoms with van der Waals surface area (Å²) in [7, 11) is 1.99. The third kappa shape index (κ3) is 5.20. The summed E-state index contributed by atoms with van der Waals surface area (Å²) in [6.45, 7) is 1.65. The lowest BCUT2D eigenvalue weighted by Gasteiger charge is -2.18. The van der Waals surface area contributed by atoms with E-state index in [0.29, 0.717) is 20.3 Å². The molecule has 1 amide bonds. The van der Waals surface area contributed by atoms with Crippen LogP contribution in [0.3, 0.4) is 0 Å². The molecule has 0 aliphatic heterocycles. The van der Waals surface area contributed by atoms with Gasteiger partial charge in [-0.3, -0.25) is 18.7 Å².